The number of amides is 1. The van der Waals surface area contributed by atoms with Gasteiger partial charge in [0.15, 0.2) is 11.5 Å². The summed E-state index contributed by atoms with van der Waals surface area (Å²) >= 11 is 0. The lowest BCUT2D eigenvalue weighted by Gasteiger charge is -2.28. The Hall–Kier alpha value is -1.71. The second kappa shape index (κ2) is 4.65. The van der Waals surface area contributed by atoms with Crippen molar-refractivity contribution < 1.29 is 15.0 Å². The monoisotopic (exact) mass is 237 g/mol. The average Bonchev–Trinajstić information content (AvgIpc) is 2.20. The fraction of sp³-hybridized carbons (Fsp3) is 0.462. The maximum absolute atomic E-state index is 11.9. The number of phenols is 2. The van der Waals surface area contributed by atoms with Crippen LogP contribution in [-0.2, 0) is 0 Å². The van der Waals surface area contributed by atoms with E-state index in [0.29, 0.717) is 0 Å². The Balaban J connectivity index is 2.88. The maximum Gasteiger partial charge on any atom is 0.255 e. The van der Waals surface area contributed by atoms with E-state index in [2.05, 4.69) is 5.32 Å². The highest BCUT2D eigenvalue weighted by molar-refractivity contribution is 5.97. The Morgan fingerprint density at radius 3 is 2.41 bits per heavy atom. The summed E-state index contributed by atoms with van der Waals surface area (Å²) in [6.07, 6.45) is 0. The van der Waals surface area contributed by atoms with Gasteiger partial charge in [0, 0.05) is 6.04 Å². The van der Waals surface area contributed by atoms with Crippen molar-refractivity contribution in [3.8, 4) is 11.5 Å². The minimum absolute atomic E-state index is 0.0447. The van der Waals surface area contributed by atoms with E-state index >= 15 is 0 Å². The van der Waals surface area contributed by atoms with Crippen LogP contribution in [0.4, 0.5) is 0 Å². The van der Waals surface area contributed by atoms with Gasteiger partial charge in [-0.3, -0.25) is 4.79 Å². The van der Waals surface area contributed by atoms with Crippen molar-refractivity contribution in [3.63, 3.8) is 0 Å². The van der Waals surface area contributed by atoms with Gasteiger partial charge in [0.05, 0.1) is 5.56 Å². The number of aromatic hydroxyl groups is 2. The Kier molecular flexibility index (Phi) is 3.66. The quantitative estimate of drug-likeness (QED) is 0.691. The van der Waals surface area contributed by atoms with E-state index < -0.39 is 0 Å². The summed E-state index contributed by atoms with van der Waals surface area (Å²) in [7, 11) is 0. The lowest BCUT2D eigenvalue weighted by Crippen LogP contribution is -2.41. The fourth-order valence-corrected chi connectivity index (χ4v) is 1.21. The topological polar surface area (TPSA) is 69.6 Å². The molecule has 0 saturated carbocycles. The molecule has 0 radical (unpaired) electrons. The van der Waals surface area contributed by atoms with Crippen molar-refractivity contribution in [3.05, 3.63) is 23.8 Å². The molecule has 0 aromatic heterocycles. The molecule has 1 amide bonds. The number of para-hydroxylation sites is 1. The molecule has 0 saturated heterocycles. The lowest BCUT2D eigenvalue weighted by atomic mass is 9.88. The van der Waals surface area contributed by atoms with Gasteiger partial charge in [0.25, 0.3) is 5.91 Å². The predicted molar refractivity (Wildman–Crippen MR) is 66.2 cm³/mol. The van der Waals surface area contributed by atoms with Gasteiger partial charge in [-0.05, 0) is 24.5 Å². The van der Waals surface area contributed by atoms with Crippen LogP contribution in [0.5, 0.6) is 11.5 Å². The second-order valence-electron chi connectivity index (χ2n) is 5.23. The third kappa shape index (κ3) is 3.12. The van der Waals surface area contributed by atoms with Crippen LogP contribution in [0.25, 0.3) is 0 Å². The number of carbonyl (C=O) groups is 1. The normalized spacial score (nSPS) is 13.2. The van der Waals surface area contributed by atoms with Crippen LogP contribution in [0, 0.1) is 5.41 Å². The molecule has 1 rings (SSSR count). The summed E-state index contributed by atoms with van der Waals surface area (Å²) < 4.78 is 0. The molecule has 0 spiro atoms. The molecule has 0 aliphatic carbocycles. The summed E-state index contributed by atoms with van der Waals surface area (Å²) in [4.78, 5) is 11.9. The third-order valence-corrected chi connectivity index (χ3v) is 2.91. The van der Waals surface area contributed by atoms with E-state index in [1.807, 2.05) is 27.7 Å². The molecule has 4 nitrogen and oxygen atoms in total. The number of nitrogens with one attached hydrogen (secondary N) is 1. The number of benzene rings is 1. The molecule has 94 valence electrons. The molecule has 0 aliphatic rings. The van der Waals surface area contributed by atoms with Crippen LogP contribution in [0.3, 0.4) is 0 Å². The third-order valence-electron chi connectivity index (χ3n) is 2.91. The maximum atomic E-state index is 11.9. The first-order valence-corrected chi connectivity index (χ1v) is 5.55. The zero-order valence-electron chi connectivity index (χ0n) is 10.6. The molecule has 1 atom stereocenters. The molecule has 0 heterocycles. The van der Waals surface area contributed by atoms with Crippen LogP contribution in [-0.4, -0.2) is 22.2 Å². The predicted octanol–water partition coefficient (Wildman–Crippen LogP) is 2.26. The van der Waals surface area contributed by atoms with E-state index in [4.69, 9.17) is 0 Å². The summed E-state index contributed by atoms with van der Waals surface area (Å²) in [5.74, 6) is -1.06. The zero-order chi connectivity index (χ0) is 13.2. The van der Waals surface area contributed by atoms with Crippen molar-refractivity contribution in [1.29, 1.82) is 0 Å². The van der Waals surface area contributed by atoms with E-state index in [-0.39, 0.29) is 34.4 Å². The molecule has 0 bridgehead atoms. The van der Waals surface area contributed by atoms with Crippen molar-refractivity contribution >= 4 is 5.91 Å². The van der Waals surface area contributed by atoms with Gasteiger partial charge in [-0.25, -0.2) is 0 Å². The number of rotatable bonds is 2. The van der Waals surface area contributed by atoms with Gasteiger partial charge >= 0.3 is 0 Å². The molecule has 0 fully saturated rings. The average molecular weight is 237 g/mol. The van der Waals surface area contributed by atoms with E-state index in [1.54, 1.807) is 0 Å². The van der Waals surface area contributed by atoms with Crippen molar-refractivity contribution in [1.82, 2.24) is 5.32 Å². The molecule has 0 aliphatic heterocycles. The van der Waals surface area contributed by atoms with Crippen LogP contribution < -0.4 is 5.32 Å². The molecule has 17 heavy (non-hydrogen) atoms. The highest BCUT2D eigenvalue weighted by atomic mass is 16.3. The SMILES string of the molecule is CC(NC(=O)c1cccc(O)c1O)C(C)(C)C. The van der Waals surface area contributed by atoms with Gasteiger partial charge in [-0.2, -0.15) is 0 Å². The first-order chi connectivity index (χ1) is 7.73. The highest BCUT2D eigenvalue weighted by Gasteiger charge is 2.23. The van der Waals surface area contributed by atoms with Gasteiger partial charge < -0.3 is 15.5 Å². The van der Waals surface area contributed by atoms with Gasteiger partial charge in [-0.15, -0.1) is 0 Å². The largest absolute Gasteiger partial charge is 0.504 e. The van der Waals surface area contributed by atoms with E-state index in [9.17, 15) is 15.0 Å². The molecule has 3 N–H and O–H groups in total. The second-order valence-corrected chi connectivity index (χ2v) is 5.23. The number of hydrogen-bond donors (Lipinski definition) is 3. The summed E-state index contributed by atoms with van der Waals surface area (Å²) in [5, 5.41) is 21.7. The van der Waals surface area contributed by atoms with E-state index in [1.165, 1.54) is 18.2 Å². The highest BCUT2D eigenvalue weighted by Crippen LogP contribution is 2.28. The zero-order valence-corrected chi connectivity index (χ0v) is 10.6. The smallest absolute Gasteiger partial charge is 0.255 e. The summed E-state index contributed by atoms with van der Waals surface area (Å²) in [5.41, 5.74) is 0.0170. The molecular formula is C13H19NO3. The number of hydrogen-bond acceptors (Lipinski definition) is 3. The van der Waals surface area contributed by atoms with Gasteiger partial charge in [0.1, 0.15) is 0 Å². The first kappa shape index (κ1) is 13.4. The van der Waals surface area contributed by atoms with Crippen LogP contribution >= 0.6 is 0 Å². The van der Waals surface area contributed by atoms with Crippen molar-refractivity contribution in [2.75, 3.05) is 0 Å². The van der Waals surface area contributed by atoms with Gasteiger partial charge in [0.2, 0.25) is 0 Å². The Morgan fingerprint density at radius 2 is 1.88 bits per heavy atom. The lowest BCUT2D eigenvalue weighted by molar-refractivity contribution is 0.0906. The van der Waals surface area contributed by atoms with Crippen LogP contribution in [0.1, 0.15) is 38.1 Å². The summed E-state index contributed by atoms with van der Waals surface area (Å²) in [6, 6.07) is 4.28. The van der Waals surface area contributed by atoms with Crippen LogP contribution in [0.15, 0.2) is 18.2 Å². The van der Waals surface area contributed by atoms with Crippen LogP contribution in [0.2, 0.25) is 0 Å². The van der Waals surface area contributed by atoms with Crippen molar-refractivity contribution in [2.24, 2.45) is 5.41 Å². The Bertz CT molecular complexity index is 421. The van der Waals surface area contributed by atoms with E-state index in [0.717, 1.165) is 0 Å². The number of phenolic OH excluding ortho intramolecular Hbond substituents is 2. The molecular weight excluding hydrogens is 218 g/mol. The standard InChI is InChI=1S/C13H19NO3/c1-8(13(2,3)4)14-12(17)9-6-5-7-10(15)11(9)16/h5-8,15-16H,1-4H3,(H,14,17). The minimum atomic E-state index is -0.388. The fourth-order valence-electron chi connectivity index (χ4n) is 1.21. The van der Waals surface area contributed by atoms with Gasteiger partial charge in [-0.1, -0.05) is 26.8 Å². The molecule has 4 heteroatoms. The Labute approximate surface area is 101 Å². The first-order valence-electron chi connectivity index (χ1n) is 5.55. The van der Waals surface area contributed by atoms with Crippen molar-refractivity contribution in [2.45, 2.75) is 33.7 Å². The Morgan fingerprint density at radius 1 is 1.29 bits per heavy atom. The molecule has 1 aromatic rings. The molecule has 1 unspecified atom stereocenters. The minimum Gasteiger partial charge on any atom is -0.504 e. The summed E-state index contributed by atoms with van der Waals surface area (Å²) in [6.45, 7) is 7.94. The number of carbonyl (C=O) groups excluding carboxylic acids is 1. The molecule has 1 aromatic carbocycles.